The lowest BCUT2D eigenvalue weighted by molar-refractivity contribution is -0.220. The second-order valence-corrected chi connectivity index (χ2v) is 6.57. The number of hydrogen-bond acceptors (Lipinski definition) is 6. The van der Waals surface area contributed by atoms with Gasteiger partial charge in [-0.15, -0.1) is 4.41 Å². The van der Waals surface area contributed by atoms with E-state index in [4.69, 9.17) is 0 Å². The van der Waals surface area contributed by atoms with Crippen LogP contribution in [0.3, 0.4) is 0 Å². The first-order valence-corrected chi connectivity index (χ1v) is 7.66. The molecule has 1 aliphatic heterocycles. The molecule has 1 heterocycles. The first-order valence-electron chi connectivity index (χ1n) is 6.22. The van der Waals surface area contributed by atoms with Gasteiger partial charge in [0.15, 0.2) is 0 Å². The van der Waals surface area contributed by atoms with Crippen LogP contribution in [-0.4, -0.2) is 44.2 Å². The molecule has 1 aliphatic rings. The summed E-state index contributed by atoms with van der Waals surface area (Å²) in [5.41, 5.74) is -2.80. The fourth-order valence-corrected chi connectivity index (χ4v) is 3.49. The Balaban J connectivity index is 2.61. The van der Waals surface area contributed by atoms with Gasteiger partial charge in [-0.2, -0.15) is 26.7 Å². The molecule has 0 saturated heterocycles. The maximum Gasteiger partial charge on any atom is 0.427 e. The Morgan fingerprint density at radius 3 is 2.35 bits per heavy atom. The van der Waals surface area contributed by atoms with Crippen molar-refractivity contribution in [3.8, 4) is 0 Å². The van der Waals surface area contributed by atoms with Crippen molar-refractivity contribution in [1.82, 2.24) is 4.41 Å². The molecule has 0 aromatic heterocycles. The second-order valence-electron chi connectivity index (χ2n) is 4.80. The summed E-state index contributed by atoms with van der Waals surface area (Å²) < 4.78 is 69.3. The number of methoxy groups -OCH3 is 1. The number of benzene rings is 1. The lowest BCUT2D eigenvalue weighted by atomic mass is 10.0. The maximum absolute atomic E-state index is 13.5. The summed E-state index contributed by atoms with van der Waals surface area (Å²) in [7, 11) is -4.02. The monoisotopic (exact) mass is 351 g/mol. The van der Waals surface area contributed by atoms with Gasteiger partial charge >= 0.3 is 12.1 Å². The van der Waals surface area contributed by atoms with E-state index in [1.54, 1.807) is 6.92 Å². The molecule has 0 fully saturated rings. The zero-order valence-electron chi connectivity index (χ0n) is 12.0. The van der Waals surface area contributed by atoms with E-state index in [2.05, 4.69) is 15.1 Å². The van der Waals surface area contributed by atoms with Crippen LogP contribution in [0, 0.1) is 6.92 Å². The lowest BCUT2D eigenvalue weighted by Gasteiger charge is -2.33. The van der Waals surface area contributed by atoms with E-state index in [0.29, 0.717) is 5.56 Å². The molecule has 11 heteroatoms. The molecule has 2 rings (SSSR count). The standard InChI is InChI=1S/C12H12F3N3O4S/c1-8-3-5-9(6-4-8)23(20,21)18-11(7-16-17-18,10(19)22-2)12(13,14)15/h3-6H,7H2,1-2H3. The van der Waals surface area contributed by atoms with E-state index in [0.717, 1.165) is 19.2 Å². The molecule has 1 aromatic carbocycles. The molecule has 0 radical (unpaired) electrons. The number of alkyl halides is 3. The van der Waals surface area contributed by atoms with Crippen LogP contribution in [-0.2, 0) is 19.6 Å². The Kier molecular flexibility index (Phi) is 4.09. The van der Waals surface area contributed by atoms with E-state index in [1.807, 2.05) is 0 Å². The third-order valence-electron chi connectivity index (χ3n) is 3.31. The molecule has 0 saturated carbocycles. The molecule has 0 amide bonds. The van der Waals surface area contributed by atoms with Gasteiger partial charge < -0.3 is 4.74 Å². The minimum Gasteiger partial charge on any atom is -0.467 e. The molecular weight excluding hydrogens is 339 g/mol. The Morgan fingerprint density at radius 2 is 1.87 bits per heavy atom. The number of aryl methyl sites for hydroxylation is 1. The molecule has 1 unspecified atom stereocenters. The Morgan fingerprint density at radius 1 is 1.30 bits per heavy atom. The first-order chi connectivity index (χ1) is 10.6. The van der Waals surface area contributed by atoms with Crippen molar-refractivity contribution in [2.24, 2.45) is 10.3 Å². The van der Waals surface area contributed by atoms with Gasteiger partial charge in [0.25, 0.3) is 15.6 Å². The topological polar surface area (TPSA) is 88.4 Å². The summed E-state index contributed by atoms with van der Waals surface area (Å²) in [4.78, 5) is 11.3. The SMILES string of the molecule is COC(=O)C1(C(F)(F)F)CN=NN1S(=O)(=O)c1ccc(C)cc1. The number of nitrogens with zero attached hydrogens (tertiary/aromatic N) is 3. The maximum atomic E-state index is 13.5. The lowest BCUT2D eigenvalue weighted by Crippen LogP contribution is -2.64. The van der Waals surface area contributed by atoms with Crippen molar-refractivity contribution >= 4 is 16.0 Å². The van der Waals surface area contributed by atoms with Gasteiger partial charge in [-0.3, -0.25) is 0 Å². The van der Waals surface area contributed by atoms with Crippen molar-refractivity contribution in [2.45, 2.75) is 23.5 Å². The highest BCUT2D eigenvalue weighted by molar-refractivity contribution is 7.89. The fourth-order valence-electron chi connectivity index (χ4n) is 2.02. The summed E-state index contributed by atoms with van der Waals surface area (Å²) in [6.45, 7) is 0.481. The highest BCUT2D eigenvalue weighted by atomic mass is 32.2. The van der Waals surface area contributed by atoms with Crippen molar-refractivity contribution in [2.75, 3.05) is 13.7 Å². The Hall–Kier alpha value is -2.17. The normalized spacial score (nSPS) is 21.5. The molecule has 0 spiro atoms. The summed E-state index contributed by atoms with van der Waals surface area (Å²) >= 11 is 0. The van der Waals surface area contributed by atoms with Gasteiger partial charge in [0, 0.05) is 0 Å². The third kappa shape index (κ3) is 2.54. The van der Waals surface area contributed by atoms with Gasteiger partial charge in [-0.25, -0.2) is 4.79 Å². The van der Waals surface area contributed by atoms with Crippen LogP contribution in [0.4, 0.5) is 13.2 Å². The number of hydrogen-bond donors (Lipinski definition) is 0. The highest BCUT2D eigenvalue weighted by Gasteiger charge is 2.71. The summed E-state index contributed by atoms with van der Waals surface area (Å²) in [6.07, 6.45) is -5.26. The van der Waals surface area contributed by atoms with E-state index < -0.39 is 39.1 Å². The van der Waals surface area contributed by atoms with E-state index in [-0.39, 0.29) is 4.41 Å². The zero-order chi connectivity index (χ0) is 17.5. The number of halogens is 3. The van der Waals surface area contributed by atoms with Gasteiger partial charge in [0.1, 0.15) is 6.54 Å². The first kappa shape index (κ1) is 17.2. The van der Waals surface area contributed by atoms with Gasteiger partial charge in [-0.1, -0.05) is 22.9 Å². The van der Waals surface area contributed by atoms with Crippen molar-refractivity contribution in [3.63, 3.8) is 0 Å². The molecule has 0 N–H and O–H groups in total. The fraction of sp³-hybridized carbons (Fsp3) is 0.417. The number of rotatable bonds is 3. The number of sulfonamides is 1. The Labute approximate surface area is 129 Å². The summed E-state index contributed by atoms with van der Waals surface area (Å²) in [5, 5.41) is 6.16. The predicted octanol–water partition coefficient (Wildman–Crippen LogP) is 1.84. The minimum absolute atomic E-state index is 0.323. The van der Waals surface area contributed by atoms with E-state index in [1.165, 1.54) is 12.1 Å². The molecule has 126 valence electrons. The molecule has 7 nitrogen and oxygen atoms in total. The average Bonchev–Trinajstić information content (AvgIpc) is 2.93. The minimum atomic E-state index is -5.26. The van der Waals surface area contributed by atoms with Crippen molar-refractivity contribution in [1.29, 1.82) is 0 Å². The van der Waals surface area contributed by atoms with Crippen LogP contribution in [0.1, 0.15) is 5.56 Å². The van der Waals surface area contributed by atoms with E-state index >= 15 is 0 Å². The highest BCUT2D eigenvalue weighted by Crippen LogP contribution is 2.43. The molecule has 1 atom stereocenters. The van der Waals surface area contributed by atoms with Gasteiger partial charge in [0.2, 0.25) is 0 Å². The van der Waals surface area contributed by atoms with E-state index in [9.17, 15) is 26.4 Å². The van der Waals surface area contributed by atoms with Gasteiger partial charge in [-0.05, 0) is 19.1 Å². The van der Waals surface area contributed by atoms with Gasteiger partial charge in [0.05, 0.1) is 12.0 Å². The number of esters is 1. The van der Waals surface area contributed by atoms with Crippen LogP contribution in [0.25, 0.3) is 0 Å². The molecule has 23 heavy (non-hydrogen) atoms. The number of ether oxygens (including phenoxy) is 1. The number of carbonyl (C=O) groups is 1. The zero-order valence-corrected chi connectivity index (χ0v) is 12.8. The van der Waals surface area contributed by atoms with Crippen molar-refractivity contribution in [3.05, 3.63) is 29.8 Å². The molecule has 1 aromatic rings. The quantitative estimate of drug-likeness (QED) is 0.778. The predicted molar refractivity (Wildman–Crippen MR) is 70.7 cm³/mol. The Bertz CT molecular complexity index is 746. The largest absolute Gasteiger partial charge is 0.467 e. The summed E-state index contributed by atoms with van der Waals surface area (Å²) in [5.74, 6) is -1.80. The molecule has 0 bridgehead atoms. The average molecular weight is 351 g/mol. The second kappa shape index (κ2) is 5.48. The molecular formula is C12H12F3N3O4S. The molecule has 0 aliphatic carbocycles. The van der Waals surface area contributed by atoms with Crippen molar-refractivity contribution < 1.29 is 31.1 Å². The van der Waals surface area contributed by atoms with Crippen LogP contribution < -0.4 is 0 Å². The van der Waals surface area contributed by atoms with Crippen LogP contribution in [0.15, 0.2) is 39.5 Å². The number of carbonyl (C=O) groups excluding carboxylic acids is 1. The van der Waals surface area contributed by atoms with Crippen LogP contribution in [0.2, 0.25) is 0 Å². The smallest absolute Gasteiger partial charge is 0.427 e. The van der Waals surface area contributed by atoms with Crippen LogP contribution >= 0.6 is 0 Å². The van der Waals surface area contributed by atoms with Crippen LogP contribution in [0.5, 0.6) is 0 Å². The summed E-state index contributed by atoms with van der Waals surface area (Å²) in [6, 6.07) is 5.06. The third-order valence-corrected chi connectivity index (χ3v) is 5.02.